The van der Waals surface area contributed by atoms with E-state index in [9.17, 15) is 9.59 Å². The van der Waals surface area contributed by atoms with Crippen molar-refractivity contribution in [3.8, 4) is 16.9 Å². The Balaban J connectivity index is 1.58. The molecule has 1 atom stereocenters. The van der Waals surface area contributed by atoms with Crippen molar-refractivity contribution in [3.05, 3.63) is 65.9 Å². The lowest BCUT2D eigenvalue weighted by Crippen LogP contribution is -2.42. The summed E-state index contributed by atoms with van der Waals surface area (Å²) in [6, 6.07) is 16.2. The average Bonchev–Trinajstić information content (AvgIpc) is 3.49. The van der Waals surface area contributed by atoms with Crippen LogP contribution in [0.1, 0.15) is 37.3 Å². The number of ether oxygens (including phenoxy) is 1. The summed E-state index contributed by atoms with van der Waals surface area (Å²) in [6.07, 6.45) is 4.15. The lowest BCUT2D eigenvalue weighted by atomic mass is 10.1. The van der Waals surface area contributed by atoms with E-state index in [0.29, 0.717) is 25.5 Å². The van der Waals surface area contributed by atoms with Crippen LogP contribution in [0.25, 0.3) is 16.9 Å². The smallest absolute Gasteiger partial charge is 0.246 e. The molecule has 2 aromatic carbocycles. The van der Waals surface area contributed by atoms with Crippen LogP contribution in [0.3, 0.4) is 0 Å². The molecule has 7 heteroatoms. The minimum absolute atomic E-state index is 0.00835. The largest absolute Gasteiger partial charge is 0.376 e. The van der Waals surface area contributed by atoms with Gasteiger partial charge in [-0.1, -0.05) is 54.4 Å². The Morgan fingerprint density at radius 1 is 1.09 bits per heavy atom. The van der Waals surface area contributed by atoms with Gasteiger partial charge in [0.25, 0.3) is 0 Å². The van der Waals surface area contributed by atoms with Gasteiger partial charge in [-0.05, 0) is 38.8 Å². The Labute approximate surface area is 200 Å². The summed E-state index contributed by atoms with van der Waals surface area (Å²) in [5, 5.41) is 2.94. The number of carbonyl (C=O) groups is 2. The first kappa shape index (κ1) is 23.7. The number of nitrogens with zero attached hydrogens (tertiary/aromatic N) is 3. The van der Waals surface area contributed by atoms with Crippen LogP contribution >= 0.6 is 0 Å². The molecule has 0 aliphatic carbocycles. The molecule has 0 unspecified atom stereocenters. The monoisotopic (exact) mass is 460 g/mol. The number of hydrogen-bond donors (Lipinski definition) is 1. The zero-order valence-corrected chi connectivity index (χ0v) is 20.1. The number of aromatic nitrogens is 2. The molecule has 1 fully saturated rings. The molecule has 4 rings (SSSR count). The molecule has 7 nitrogen and oxygen atoms in total. The maximum Gasteiger partial charge on any atom is 0.246 e. The molecule has 0 spiro atoms. The summed E-state index contributed by atoms with van der Waals surface area (Å²) in [7, 11) is 0. The third-order valence-corrected chi connectivity index (χ3v) is 6.05. The third kappa shape index (κ3) is 5.72. The van der Waals surface area contributed by atoms with Crippen molar-refractivity contribution in [2.75, 3.05) is 25.0 Å². The molecule has 3 aromatic rings. The Hall–Kier alpha value is -3.45. The van der Waals surface area contributed by atoms with Gasteiger partial charge in [0.15, 0.2) is 0 Å². The van der Waals surface area contributed by atoms with Gasteiger partial charge in [-0.25, -0.2) is 4.98 Å². The van der Waals surface area contributed by atoms with Crippen LogP contribution in [0, 0.1) is 13.8 Å². The third-order valence-electron chi connectivity index (χ3n) is 6.05. The number of amides is 2. The van der Waals surface area contributed by atoms with Crippen LogP contribution in [-0.2, 0) is 14.3 Å². The molecular weight excluding hydrogens is 428 g/mol. The van der Waals surface area contributed by atoms with Crippen LogP contribution in [0.15, 0.2) is 54.7 Å². The number of hydrogen-bond acceptors (Lipinski definition) is 4. The fourth-order valence-electron chi connectivity index (χ4n) is 4.08. The predicted octanol–water partition coefficient (Wildman–Crippen LogP) is 4.51. The number of rotatable bonds is 8. The summed E-state index contributed by atoms with van der Waals surface area (Å²) in [5.41, 5.74) is 4.94. The number of nitrogens with one attached hydrogen (secondary N) is 1. The SMILES string of the molecule is CCC(=O)N(CC(=O)Nc1nc(-c2ccc(C)cc2)cn1-c1ccc(C)cc1)C[C@H]1CCCO1. The molecule has 2 heterocycles. The fraction of sp³-hybridized carbons (Fsp3) is 0.370. The second-order valence-electron chi connectivity index (χ2n) is 8.83. The Morgan fingerprint density at radius 3 is 2.38 bits per heavy atom. The van der Waals surface area contributed by atoms with Crippen LogP contribution < -0.4 is 5.32 Å². The van der Waals surface area contributed by atoms with Gasteiger partial charge in [-0.3, -0.25) is 19.5 Å². The molecule has 1 aromatic heterocycles. The van der Waals surface area contributed by atoms with E-state index >= 15 is 0 Å². The first-order valence-electron chi connectivity index (χ1n) is 11.9. The van der Waals surface area contributed by atoms with Gasteiger partial charge in [0.2, 0.25) is 17.8 Å². The van der Waals surface area contributed by atoms with Crippen molar-refractivity contribution in [1.82, 2.24) is 14.5 Å². The minimum atomic E-state index is -0.283. The van der Waals surface area contributed by atoms with Crippen LogP contribution in [0.5, 0.6) is 0 Å². The Morgan fingerprint density at radius 2 is 1.76 bits per heavy atom. The lowest BCUT2D eigenvalue weighted by molar-refractivity contribution is -0.135. The molecule has 2 amide bonds. The van der Waals surface area contributed by atoms with Crippen LogP contribution in [-0.4, -0.2) is 52.1 Å². The van der Waals surface area contributed by atoms with Crippen molar-refractivity contribution in [2.45, 2.75) is 46.1 Å². The fourth-order valence-corrected chi connectivity index (χ4v) is 4.08. The Bertz CT molecular complexity index is 1130. The van der Waals surface area contributed by atoms with E-state index in [1.165, 1.54) is 5.56 Å². The molecule has 1 saturated heterocycles. The summed E-state index contributed by atoms with van der Waals surface area (Å²) >= 11 is 0. The molecule has 0 saturated carbocycles. The molecule has 1 aliphatic heterocycles. The predicted molar refractivity (Wildman–Crippen MR) is 133 cm³/mol. The zero-order valence-electron chi connectivity index (χ0n) is 20.1. The molecule has 34 heavy (non-hydrogen) atoms. The van der Waals surface area contributed by atoms with Gasteiger partial charge >= 0.3 is 0 Å². The first-order chi connectivity index (χ1) is 16.4. The van der Waals surface area contributed by atoms with E-state index in [0.717, 1.165) is 35.3 Å². The highest BCUT2D eigenvalue weighted by atomic mass is 16.5. The summed E-state index contributed by atoms with van der Waals surface area (Å²) in [4.78, 5) is 31.9. The number of benzene rings is 2. The lowest BCUT2D eigenvalue weighted by Gasteiger charge is -2.24. The van der Waals surface area contributed by atoms with Gasteiger partial charge < -0.3 is 9.64 Å². The highest BCUT2D eigenvalue weighted by Gasteiger charge is 2.24. The van der Waals surface area contributed by atoms with E-state index in [2.05, 4.69) is 5.32 Å². The van der Waals surface area contributed by atoms with Crippen LogP contribution in [0.2, 0.25) is 0 Å². The van der Waals surface area contributed by atoms with Crippen molar-refractivity contribution < 1.29 is 14.3 Å². The number of carbonyl (C=O) groups excluding carboxylic acids is 2. The van der Waals surface area contributed by atoms with Crippen molar-refractivity contribution in [3.63, 3.8) is 0 Å². The van der Waals surface area contributed by atoms with Gasteiger partial charge in [0.1, 0.15) is 6.54 Å². The number of anilines is 1. The second kappa shape index (κ2) is 10.7. The summed E-state index contributed by atoms with van der Waals surface area (Å²) in [6.45, 7) is 6.99. The van der Waals surface area contributed by atoms with Gasteiger partial charge in [-0.2, -0.15) is 0 Å². The maximum absolute atomic E-state index is 13.0. The van der Waals surface area contributed by atoms with Crippen molar-refractivity contribution in [1.29, 1.82) is 0 Å². The molecule has 1 N–H and O–H groups in total. The van der Waals surface area contributed by atoms with Crippen molar-refractivity contribution >= 4 is 17.8 Å². The average molecular weight is 461 g/mol. The topological polar surface area (TPSA) is 76.5 Å². The van der Waals surface area contributed by atoms with E-state index in [4.69, 9.17) is 9.72 Å². The maximum atomic E-state index is 13.0. The molecular formula is C27H32N4O3. The zero-order chi connectivity index (χ0) is 24.1. The molecule has 1 aliphatic rings. The van der Waals surface area contributed by atoms with E-state index in [-0.39, 0.29) is 24.5 Å². The highest BCUT2D eigenvalue weighted by molar-refractivity contribution is 5.93. The molecule has 0 bridgehead atoms. The quantitative estimate of drug-likeness (QED) is 0.537. The number of aryl methyl sites for hydroxylation is 2. The Kier molecular flexibility index (Phi) is 7.43. The first-order valence-corrected chi connectivity index (χ1v) is 11.9. The van der Waals surface area contributed by atoms with E-state index in [1.807, 2.05) is 73.1 Å². The molecule has 0 radical (unpaired) electrons. The van der Waals surface area contributed by atoms with Crippen molar-refractivity contribution in [2.24, 2.45) is 0 Å². The van der Waals surface area contributed by atoms with E-state index in [1.54, 1.807) is 11.8 Å². The highest BCUT2D eigenvalue weighted by Crippen LogP contribution is 2.25. The van der Waals surface area contributed by atoms with E-state index < -0.39 is 0 Å². The summed E-state index contributed by atoms with van der Waals surface area (Å²) in [5.74, 6) is 0.0764. The standard InChI is InChI=1S/C27H32N4O3/c1-4-26(33)30(16-23-6-5-15-34-23)18-25(32)29-27-28-24(21-11-7-19(2)8-12-21)17-31(27)22-13-9-20(3)10-14-22/h7-14,17,23H,4-6,15-16,18H2,1-3H3,(H,28,29,32)/t23-/m1/s1. The van der Waals surface area contributed by atoms with Gasteiger partial charge in [0, 0.05) is 37.0 Å². The normalized spacial score (nSPS) is 15.3. The minimum Gasteiger partial charge on any atom is -0.376 e. The second-order valence-corrected chi connectivity index (χ2v) is 8.83. The van der Waals surface area contributed by atoms with Gasteiger partial charge in [-0.15, -0.1) is 0 Å². The number of imidazole rings is 1. The van der Waals surface area contributed by atoms with Crippen LogP contribution in [0.4, 0.5) is 5.95 Å². The van der Waals surface area contributed by atoms with Gasteiger partial charge in [0.05, 0.1) is 11.8 Å². The summed E-state index contributed by atoms with van der Waals surface area (Å²) < 4.78 is 7.56. The molecule has 178 valence electrons.